The van der Waals surface area contributed by atoms with Gasteiger partial charge >= 0.3 is 0 Å². The maximum absolute atomic E-state index is 7.44. The zero-order valence-electron chi connectivity index (χ0n) is 51.7. The van der Waals surface area contributed by atoms with Crippen LogP contribution in [0.4, 0.5) is 0 Å². The first-order chi connectivity index (χ1) is 46.9. The molecule has 7 heterocycles. The average Bonchev–Trinajstić information content (AvgIpc) is 1.57. The van der Waals surface area contributed by atoms with Crippen molar-refractivity contribution in [1.29, 1.82) is 0 Å². The van der Waals surface area contributed by atoms with E-state index in [-0.39, 0.29) is 0 Å². The van der Waals surface area contributed by atoms with Crippen LogP contribution in [-0.4, -0.2) is 39.3 Å². The molecule has 450 valence electrons. The summed E-state index contributed by atoms with van der Waals surface area (Å²) in [7, 11) is 4.19. The maximum atomic E-state index is 7.44. The van der Waals surface area contributed by atoms with Crippen molar-refractivity contribution >= 4 is 77.7 Å². The second kappa shape index (κ2) is 23.0. The van der Waals surface area contributed by atoms with Gasteiger partial charge in [-0.1, -0.05) is 200 Å². The fourth-order valence-electron chi connectivity index (χ4n) is 13.7. The molecule has 1 aliphatic heterocycles. The minimum atomic E-state index is 0.687. The Hall–Kier alpha value is -11.9. The smallest absolute Gasteiger partial charge is 0.145 e. The molecule has 11 heteroatoms. The molecule has 18 rings (SSSR count). The molecule has 9 nitrogen and oxygen atoms in total. The monoisotopic (exact) mass is 1260 g/mol. The second-order valence-corrected chi connectivity index (χ2v) is 26.2. The number of hydrogen-bond acceptors (Lipinski definition) is 8. The Morgan fingerprint density at radius 1 is 0.347 bits per heavy atom. The molecule has 0 amide bonds. The van der Waals surface area contributed by atoms with E-state index in [1.807, 2.05) is 43.1 Å². The first kappa shape index (κ1) is 55.9. The van der Waals surface area contributed by atoms with Crippen LogP contribution in [0.3, 0.4) is 0 Å². The molecule has 95 heavy (non-hydrogen) atoms. The highest BCUT2D eigenvalue weighted by Gasteiger charge is 2.26. The number of hydrogen-bond donors (Lipinski definition) is 0. The van der Waals surface area contributed by atoms with Gasteiger partial charge in [-0.3, -0.25) is 4.99 Å². The highest BCUT2D eigenvalue weighted by atomic mass is 32.1. The summed E-state index contributed by atoms with van der Waals surface area (Å²) in [5.74, 6) is 1.80. The normalized spacial score (nSPS) is 12.4. The van der Waals surface area contributed by atoms with Crippen molar-refractivity contribution in [3.63, 3.8) is 0 Å². The molecule has 0 spiro atoms. The van der Waals surface area contributed by atoms with Crippen molar-refractivity contribution in [2.75, 3.05) is 0 Å². The number of aliphatic imine (C=N–C) groups is 1. The Balaban J connectivity index is 0.849. The van der Waals surface area contributed by atoms with Gasteiger partial charge in [0.05, 0.1) is 61.4 Å². The average molecular weight is 1260 g/mol. The second-order valence-electron chi connectivity index (χ2n) is 24.2. The Morgan fingerprint density at radius 2 is 0.768 bits per heavy atom. The Kier molecular flexibility index (Phi) is 13.6. The molecule has 6 aromatic heterocycles. The van der Waals surface area contributed by atoms with Crippen molar-refractivity contribution in [2.24, 2.45) is 19.1 Å². The third-order valence-corrected chi connectivity index (χ3v) is 20.7. The lowest BCUT2D eigenvalue weighted by Crippen LogP contribution is -1.99. The fourth-order valence-corrected chi connectivity index (χ4v) is 15.6. The van der Waals surface area contributed by atoms with Crippen molar-refractivity contribution in [1.82, 2.24) is 33.6 Å². The SMILES string of the molecule is Cn1c(-c2ccccc2)cnc1-c1cccc(-c2ccc3c(c2)c2cc(-c4cccc(-c5ncc(-c6ccccc6)n5C)c4)ccc2n3-c2cc(-c3ncc(-c4ccccc4)s3)c3oc4c(-c5ncc(-c6ccccc6)s5)cc(C5=NC=C(c6ccccc6)C5)cc4c3c2)c1. The van der Waals surface area contributed by atoms with Crippen LogP contribution in [0.5, 0.6) is 0 Å². The van der Waals surface area contributed by atoms with E-state index in [1.54, 1.807) is 22.7 Å². The number of benzene rings is 11. The molecule has 0 unspecified atom stereocenters. The summed E-state index contributed by atoms with van der Waals surface area (Å²) >= 11 is 3.34. The molecule has 0 radical (unpaired) electrons. The fraction of sp³-hybridized carbons (Fsp3) is 0.0357. The van der Waals surface area contributed by atoms with E-state index >= 15 is 0 Å². The van der Waals surface area contributed by atoms with Gasteiger partial charge in [0.25, 0.3) is 0 Å². The molecule has 0 saturated carbocycles. The Labute approximate surface area is 555 Å². The van der Waals surface area contributed by atoms with E-state index < -0.39 is 0 Å². The van der Waals surface area contributed by atoms with E-state index in [0.717, 1.165) is 176 Å². The standard InChI is InChI=1S/C84H56N8OS2/c1-90-75(53-22-10-4-11-23-53)48-86-81(90)61-32-18-30-57(38-61)59-34-36-73-66(40-59)67-41-60(58-31-19-33-62(39-58)82-87-49-76(91(82)2)54-24-12-5-13-25-54)35-37-74(67)92(73)65-45-69-68-42-63(72-44-64(47-85-72)52-20-8-3-9-21-52)43-70(83-88-50-77(94-83)55-26-14-6-15-27-55)79(68)93-80(69)71(46-65)84-89-51-78(95-84)56-28-16-7-17-29-56/h3-43,45-51H,44H2,1-2H3. The highest BCUT2D eigenvalue weighted by molar-refractivity contribution is 7.18. The van der Waals surface area contributed by atoms with Gasteiger partial charge in [0.2, 0.25) is 0 Å². The zero-order chi connectivity index (χ0) is 63.1. The van der Waals surface area contributed by atoms with Gasteiger partial charge in [-0.05, 0) is 122 Å². The van der Waals surface area contributed by atoms with E-state index in [4.69, 9.17) is 29.3 Å². The number of nitrogens with zero attached hydrogens (tertiary/aromatic N) is 8. The molecular formula is C84H56N8OS2. The van der Waals surface area contributed by atoms with Gasteiger partial charge in [0.1, 0.15) is 32.8 Å². The molecule has 17 aromatic rings. The number of rotatable bonds is 13. The highest BCUT2D eigenvalue weighted by Crippen LogP contribution is 2.48. The maximum Gasteiger partial charge on any atom is 0.145 e. The topological polar surface area (TPSA) is 91.8 Å². The van der Waals surface area contributed by atoms with Gasteiger partial charge in [-0.15, -0.1) is 22.7 Å². The predicted molar refractivity (Wildman–Crippen MR) is 393 cm³/mol. The molecule has 0 atom stereocenters. The van der Waals surface area contributed by atoms with Gasteiger partial charge < -0.3 is 18.1 Å². The van der Waals surface area contributed by atoms with Crippen LogP contribution in [-0.2, 0) is 14.1 Å². The lowest BCUT2D eigenvalue weighted by molar-refractivity contribution is 0.671. The minimum Gasteiger partial charge on any atom is -0.455 e. The quantitative estimate of drug-likeness (QED) is 0.115. The summed E-state index contributed by atoms with van der Waals surface area (Å²) < 4.78 is 14.2. The van der Waals surface area contributed by atoms with Gasteiger partial charge in [0, 0.05) is 77.5 Å². The first-order valence-electron chi connectivity index (χ1n) is 31.7. The molecule has 0 aliphatic carbocycles. The third kappa shape index (κ3) is 9.87. The number of imidazole rings is 2. The molecule has 0 bridgehead atoms. The molecule has 0 saturated heterocycles. The molecule has 0 fully saturated rings. The number of allylic oxidation sites excluding steroid dienone is 1. The Bertz CT molecular complexity index is 5710. The van der Waals surface area contributed by atoms with Crippen molar-refractivity contribution in [3.8, 4) is 115 Å². The van der Waals surface area contributed by atoms with Crippen LogP contribution in [0.15, 0.2) is 301 Å². The van der Waals surface area contributed by atoms with E-state index in [9.17, 15) is 0 Å². The summed E-state index contributed by atoms with van der Waals surface area (Å²) in [5, 5.41) is 5.89. The summed E-state index contributed by atoms with van der Waals surface area (Å²) in [5.41, 5.74) is 23.8. The minimum absolute atomic E-state index is 0.687. The number of furan rings is 1. The van der Waals surface area contributed by atoms with Crippen LogP contribution in [0.25, 0.3) is 165 Å². The summed E-state index contributed by atoms with van der Waals surface area (Å²) in [4.78, 5) is 27.7. The van der Waals surface area contributed by atoms with E-state index in [2.05, 4.69) is 277 Å². The summed E-state index contributed by atoms with van der Waals surface area (Å²) in [6.07, 6.45) is 10.6. The summed E-state index contributed by atoms with van der Waals surface area (Å²) in [6.45, 7) is 0. The zero-order valence-corrected chi connectivity index (χ0v) is 53.4. The summed E-state index contributed by atoms with van der Waals surface area (Å²) in [6, 6.07) is 93.0. The number of thiazole rings is 2. The third-order valence-electron chi connectivity index (χ3n) is 18.5. The molecule has 11 aromatic carbocycles. The van der Waals surface area contributed by atoms with Crippen molar-refractivity contribution in [3.05, 3.63) is 303 Å². The number of fused-ring (bicyclic) bond motifs is 6. The van der Waals surface area contributed by atoms with Crippen LogP contribution in [0.1, 0.15) is 17.5 Å². The van der Waals surface area contributed by atoms with Gasteiger partial charge in [0.15, 0.2) is 0 Å². The molecule has 1 aliphatic rings. The lowest BCUT2D eigenvalue weighted by Gasteiger charge is -2.12. The van der Waals surface area contributed by atoms with E-state index in [1.165, 1.54) is 5.57 Å². The molecular weight excluding hydrogens is 1200 g/mol. The lowest BCUT2D eigenvalue weighted by atomic mass is 9.96. The molecule has 0 N–H and O–H groups in total. The van der Waals surface area contributed by atoms with Crippen LogP contribution in [0.2, 0.25) is 0 Å². The van der Waals surface area contributed by atoms with Crippen LogP contribution >= 0.6 is 22.7 Å². The largest absolute Gasteiger partial charge is 0.455 e. The number of aromatic nitrogens is 7. The van der Waals surface area contributed by atoms with Crippen LogP contribution in [0, 0.1) is 0 Å². The van der Waals surface area contributed by atoms with Crippen molar-refractivity contribution < 1.29 is 4.42 Å². The Morgan fingerprint density at radius 3 is 1.27 bits per heavy atom. The van der Waals surface area contributed by atoms with Crippen molar-refractivity contribution in [2.45, 2.75) is 6.42 Å². The predicted octanol–water partition coefficient (Wildman–Crippen LogP) is 22.0. The van der Waals surface area contributed by atoms with Crippen LogP contribution < -0.4 is 0 Å². The van der Waals surface area contributed by atoms with Gasteiger partial charge in [-0.2, -0.15) is 0 Å². The van der Waals surface area contributed by atoms with E-state index in [0.29, 0.717) is 6.42 Å². The van der Waals surface area contributed by atoms with Gasteiger partial charge in [-0.25, -0.2) is 19.9 Å². The first-order valence-corrected chi connectivity index (χ1v) is 33.4.